The number of carboxylic acids is 1. The number of rotatable bonds is 3. The number of esters is 1. The van der Waals surface area contributed by atoms with Crippen molar-refractivity contribution in [2.45, 2.75) is 32.5 Å². The third-order valence-electron chi connectivity index (χ3n) is 5.62. The molecule has 2 saturated carbocycles. The Labute approximate surface area is 163 Å². The summed E-state index contributed by atoms with van der Waals surface area (Å²) in [7, 11) is 0. The van der Waals surface area contributed by atoms with E-state index in [1.165, 1.54) is 0 Å². The number of ether oxygens (including phenoxy) is 3. The van der Waals surface area contributed by atoms with E-state index in [-0.39, 0.29) is 5.92 Å². The molecular formula is C18H17IO7. The maximum atomic E-state index is 12.3. The normalized spacial score (nSPS) is 33.9. The lowest BCUT2D eigenvalue weighted by molar-refractivity contribution is -0.151. The Balaban J connectivity index is 1.52. The highest BCUT2D eigenvalue weighted by molar-refractivity contribution is 14.1. The molecule has 1 aromatic rings. The fourth-order valence-electron chi connectivity index (χ4n) is 4.73. The number of hydrogen-bond donors (Lipinski definition) is 1. The van der Waals surface area contributed by atoms with Gasteiger partial charge in [0.15, 0.2) is 5.75 Å². The number of fused-ring (bicyclic) bond motifs is 1. The van der Waals surface area contributed by atoms with Crippen molar-refractivity contribution >= 4 is 40.7 Å². The monoisotopic (exact) mass is 472 g/mol. The number of aliphatic carboxylic acids is 1. The Morgan fingerprint density at radius 3 is 2.65 bits per heavy atom. The summed E-state index contributed by atoms with van der Waals surface area (Å²) < 4.78 is 16.9. The van der Waals surface area contributed by atoms with Crippen LogP contribution < -0.4 is 4.74 Å². The van der Waals surface area contributed by atoms with Crippen LogP contribution in [0.2, 0.25) is 0 Å². The first-order valence-electron chi connectivity index (χ1n) is 8.36. The number of hydrogen-bond acceptors (Lipinski definition) is 6. The van der Waals surface area contributed by atoms with Crippen molar-refractivity contribution in [3.8, 4) is 5.75 Å². The first-order chi connectivity index (χ1) is 12.3. The predicted octanol–water partition coefficient (Wildman–Crippen LogP) is 2.68. The smallest absolute Gasteiger partial charge is 0.481 e. The molecule has 0 radical (unpaired) electrons. The molecule has 6 atom stereocenters. The highest BCUT2D eigenvalue weighted by Crippen LogP contribution is 2.58. The Morgan fingerprint density at radius 1 is 1.27 bits per heavy atom. The van der Waals surface area contributed by atoms with Crippen molar-refractivity contribution in [1.82, 2.24) is 0 Å². The van der Waals surface area contributed by atoms with Crippen LogP contribution in [0.1, 0.15) is 17.5 Å². The Hall–Kier alpha value is -1.84. The van der Waals surface area contributed by atoms with Crippen LogP contribution in [-0.2, 0) is 19.1 Å². The molecule has 1 aliphatic heterocycles. The van der Waals surface area contributed by atoms with Gasteiger partial charge in [-0.1, -0.05) is 6.07 Å². The molecule has 0 amide bonds. The zero-order chi connectivity index (χ0) is 18.7. The lowest BCUT2D eigenvalue weighted by Crippen LogP contribution is -2.43. The average Bonchev–Trinajstić information content (AvgIpc) is 3.14. The topological polar surface area (TPSA) is 99.1 Å². The quantitative estimate of drug-likeness (QED) is 0.411. The molecule has 1 aromatic carbocycles. The van der Waals surface area contributed by atoms with Gasteiger partial charge in [0.05, 0.1) is 15.4 Å². The van der Waals surface area contributed by atoms with Gasteiger partial charge in [0.2, 0.25) is 0 Å². The minimum atomic E-state index is -1.05. The van der Waals surface area contributed by atoms with E-state index >= 15 is 0 Å². The Bertz CT molecular complexity index is 797. The standard InChI is InChI=1S/C18H17IO7/c1-6-3-7(2)13(10(19)4-6)25-18(23)26-15-8-5-9-12(11(8)16(20)21)17(22)24-14(9)15/h3-4,8-9,11-12,14-15H,5H2,1-2H3,(H,20,21). The van der Waals surface area contributed by atoms with E-state index in [4.69, 9.17) is 14.2 Å². The van der Waals surface area contributed by atoms with Gasteiger partial charge in [-0.3, -0.25) is 9.59 Å². The number of carbonyl (C=O) groups excluding carboxylic acids is 2. The molecule has 1 N–H and O–H groups in total. The van der Waals surface area contributed by atoms with Crippen LogP contribution in [0.5, 0.6) is 5.75 Å². The van der Waals surface area contributed by atoms with E-state index in [0.717, 1.165) is 14.7 Å². The average molecular weight is 472 g/mol. The predicted molar refractivity (Wildman–Crippen MR) is 95.6 cm³/mol. The molecule has 0 aromatic heterocycles. The van der Waals surface area contributed by atoms with Crippen LogP contribution in [0.25, 0.3) is 0 Å². The van der Waals surface area contributed by atoms with Crippen LogP contribution in [-0.4, -0.2) is 35.4 Å². The molecule has 6 unspecified atom stereocenters. The second-order valence-electron chi connectivity index (χ2n) is 7.18. The van der Waals surface area contributed by atoms with Gasteiger partial charge in [0.1, 0.15) is 12.2 Å². The molecule has 1 saturated heterocycles. The van der Waals surface area contributed by atoms with Crippen molar-refractivity contribution < 1.29 is 33.7 Å². The molecule has 138 valence electrons. The number of benzene rings is 1. The van der Waals surface area contributed by atoms with E-state index in [2.05, 4.69) is 22.6 Å². The van der Waals surface area contributed by atoms with E-state index in [1.54, 1.807) is 0 Å². The van der Waals surface area contributed by atoms with Gasteiger partial charge in [-0.25, -0.2) is 4.79 Å². The highest BCUT2D eigenvalue weighted by atomic mass is 127. The minimum absolute atomic E-state index is 0.201. The van der Waals surface area contributed by atoms with Crippen molar-refractivity contribution in [1.29, 1.82) is 0 Å². The van der Waals surface area contributed by atoms with Crippen molar-refractivity contribution in [3.05, 3.63) is 26.8 Å². The molecule has 4 rings (SSSR count). The molecule has 8 heteroatoms. The molecule has 7 nitrogen and oxygen atoms in total. The molecule has 2 bridgehead atoms. The van der Waals surface area contributed by atoms with Gasteiger partial charge < -0.3 is 19.3 Å². The fraction of sp³-hybridized carbons (Fsp3) is 0.500. The Morgan fingerprint density at radius 2 is 2.00 bits per heavy atom. The summed E-state index contributed by atoms with van der Waals surface area (Å²) in [6, 6.07) is 3.78. The number of carbonyl (C=O) groups is 3. The summed E-state index contributed by atoms with van der Waals surface area (Å²) in [5, 5.41) is 9.48. The molecule has 3 aliphatic rings. The number of halogens is 1. The lowest BCUT2D eigenvalue weighted by Gasteiger charge is -2.28. The molecule has 3 fully saturated rings. The van der Waals surface area contributed by atoms with Gasteiger partial charge >= 0.3 is 18.1 Å². The van der Waals surface area contributed by atoms with Crippen LogP contribution >= 0.6 is 22.6 Å². The third kappa shape index (κ3) is 2.57. The summed E-state index contributed by atoms with van der Waals surface area (Å²) in [6.45, 7) is 3.78. The largest absolute Gasteiger partial charge is 0.514 e. The first kappa shape index (κ1) is 17.6. The lowest BCUT2D eigenvalue weighted by atomic mass is 9.78. The van der Waals surface area contributed by atoms with Crippen molar-refractivity contribution in [3.63, 3.8) is 0 Å². The Kier molecular flexibility index (Phi) is 4.13. The van der Waals surface area contributed by atoms with Crippen molar-refractivity contribution in [2.75, 3.05) is 0 Å². The van der Waals surface area contributed by atoms with E-state index < -0.39 is 48.1 Å². The third-order valence-corrected chi connectivity index (χ3v) is 6.42. The summed E-state index contributed by atoms with van der Waals surface area (Å²) in [5.74, 6) is -3.26. The number of carboxylic acid groups (broad SMARTS) is 1. The molecule has 0 spiro atoms. The highest BCUT2D eigenvalue weighted by Gasteiger charge is 2.70. The maximum absolute atomic E-state index is 12.3. The van der Waals surface area contributed by atoms with Crippen LogP contribution in [0.15, 0.2) is 12.1 Å². The van der Waals surface area contributed by atoms with Gasteiger partial charge in [-0.15, -0.1) is 0 Å². The van der Waals surface area contributed by atoms with Gasteiger partial charge in [-0.2, -0.15) is 0 Å². The fourth-order valence-corrected chi connectivity index (χ4v) is 5.76. The molecule has 2 aliphatic carbocycles. The summed E-state index contributed by atoms with van der Waals surface area (Å²) in [6.07, 6.45) is -1.74. The van der Waals surface area contributed by atoms with Crippen LogP contribution in [0.3, 0.4) is 0 Å². The zero-order valence-electron chi connectivity index (χ0n) is 14.1. The molecular weight excluding hydrogens is 455 g/mol. The minimum Gasteiger partial charge on any atom is -0.481 e. The van der Waals surface area contributed by atoms with Gasteiger partial charge in [0, 0.05) is 11.8 Å². The summed E-state index contributed by atoms with van der Waals surface area (Å²) in [5.41, 5.74) is 1.85. The summed E-state index contributed by atoms with van der Waals surface area (Å²) >= 11 is 2.08. The van der Waals surface area contributed by atoms with Gasteiger partial charge in [-0.05, 0) is 60.1 Å². The second-order valence-corrected chi connectivity index (χ2v) is 8.34. The van der Waals surface area contributed by atoms with E-state index in [1.807, 2.05) is 26.0 Å². The van der Waals surface area contributed by atoms with Gasteiger partial charge in [0.25, 0.3) is 0 Å². The zero-order valence-corrected chi connectivity index (χ0v) is 16.3. The maximum Gasteiger partial charge on any atom is 0.514 e. The second kappa shape index (κ2) is 6.11. The molecule has 26 heavy (non-hydrogen) atoms. The van der Waals surface area contributed by atoms with Crippen LogP contribution in [0, 0.1) is 41.1 Å². The SMILES string of the molecule is Cc1cc(C)c(OC(=O)OC2C3CC4C2OC(=O)C4C3C(=O)O)c(I)c1. The van der Waals surface area contributed by atoms with E-state index in [0.29, 0.717) is 12.2 Å². The van der Waals surface area contributed by atoms with Crippen molar-refractivity contribution in [2.24, 2.45) is 23.7 Å². The number of aryl methyl sites for hydroxylation is 2. The first-order valence-corrected chi connectivity index (χ1v) is 9.44. The van der Waals surface area contributed by atoms with E-state index in [9.17, 15) is 19.5 Å². The molecule has 1 heterocycles. The van der Waals surface area contributed by atoms with Crippen LogP contribution in [0.4, 0.5) is 4.79 Å². The summed E-state index contributed by atoms with van der Waals surface area (Å²) in [4.78, 5) is 35.9.